The summed E-state index contributed by atoms with van der Waals surface area (Å²) in [4.78, 5) is 0. The van der Waals surface area contributed by atoms with Crippen LogP contribution in [-0.4, -0.2) is 13.4 Å². The first-order chi connectivity index (χ1) is 6.26. The summed E-state index contributed by atoms with van der Waals surface area (Å²) >= 11 is 0. The minimum absolute atomic E-state index is 0.222. The van der Waals surface area contributed by atoms with Crippen LogP contribution in [0.25, 0.3) is 6.08 Å². The van der Waals surface area contributed by atoms with Gasteiger partial charge in [-0.25, -0.2) is 0 Å². The van der Waals surface area contributed by atoms with Gasteiger partial charge in [-0.1, -0.05) is 24.8 Å². The van der Waals surface area contributed by atoms with Crippen LogP contribution in [0.4, 0.5) is 0 Å². The zero-order valence-corrected chi connectivity index (χ0v) is 7.99. The maximum Gasteiger partial charge on any atom is 0.196 e. The van der Waals surface area contributed by atoms with Gasteiger partial charge < -0.3 is 9.47 Å². The fourth-order valence-electron chi connectivity index (χ4n) is 0.955. The van der Waals surface area contributed by atoms with Gasteiger partial charge in [-0.3, -0.25) is 0 Å². The molecule has 0 heterocycles. The van der Waals surface area contributed by atoms with Crippen LogP contribution < -0.4 is 4.74 Å². The summed E-state index contributed by atoms with van der Waals surface area (Å²) < 4.78 is 10.4. The molecule has 2 nitrogen and oxygen atoms in total. The van der Waals surface area contributed by atoms with Crippen molar-refractivity contribution in [1.82, 2.24) is 0 Å². The third-order valence-electron chi connectivity index (χ3n) is 1.73. The fraction of sp³-hybridized carbons (Fsp3) is 0.273. The fourth-order valence-corrected chi connectivity index (χ4v) is 0.955. The average molecular weight is 178 g/mol. The van der Waals surface area contributed by atoms with Gasteiger partial charge in [0.1, 0.15) is 5.75 Å². The minimum atomic E-state index is -0.222. The van der Waals surface area contributed by atoms with E-state index in [9.17, 15) is 0 Å². The molecule has 1 atom stereocenters. The standard InChI is InChI=1S/C11H14O2/c1-4-10-6-5-7-11(8-10)13-9(2)12-3/h4-9H,1H2,2-3H3. The summed E-state index contributed by atoms with van der Waals surface area (Å²) in [6, 6.07) is 7.71. The van der Waals surface area contributed by atoms with E-state index in [2.05, 4.69) is 6.58 Å². The van der Waals surface area contributed by atoms with E-state index in [0.29, 0.717) is 0 Å². The Balaban J connectivity index is 2.71. The van der Waals surface area contributed by atoms with Crippen LogP contribution in [0.1, 0.15) is 12.5 Å². The van der Waals surface area contributed by atoms with Gasteiger partial charge in [0.15, 0.2) is 6.29 Å². The average Bonchev–Trinajstić information content (AvgIpc) is 2.18. The van der Waals surface area contributed by atoms with Gasteiger partial charge in [0, 0.05) is 7.11 Å². The van der Waals surface area contributed by atoms with Gasteiger partial charge in [0.2, 0.25) is 0 Å². The molecule has 1 aromatic rings. The lowest BCUT2D eigenvalue weighted by Crippen LogP contribution is -2.13. The predicted molar refractivity (Wildman–Crippen MR) is 53.6 cm³/mol. The zero-order chi connectivity index (χ0) is 9.68. The number of hydrogen-bond acceptors (Lipinski definition) is 2. The molecule has 0 spiro atoms. The molecule has 0 saturated carbocycles. The highest BCUT2D eigenvalue weighted by atomic mass is 16.7. The van der Waals surface area contributed by atoms with E-state index >= 15 is 0 Å². The van der Waals surface area contributed by atoms with Crippen molar-refractivity contribution in [3.8, 4) is 5.75 Å². The molecule has 0 N–H and O–H groups in total. The van der Waals surface area contributed by atoms with Crippen LogP contribution in [0.15, 0.2) is 30.8 Å². The molecule has 0 saturated heterocycles. The van der Waals surface area contributed by atoms with Gasteiger partial charge in [-0.05, 0) is 24.6 Å². The smallest absolute Gasteiger partial charge is 0.196 e. The lowest BCUT2D eigenvalue weighted by Gasteiger charge is -2.12. The molecule has 0 aliphatic heterocycles. The molecule has 13 heavy (non-hydrogen) atoms. The molecule has 0 aliphatic carbocycles. The SMILES string of the molecule is C=Cc1cccc(OC(C)OC)c1. The largest absolute Gasteiger partial charge is 0.465 e. The second-order valence-electron chi connectivity index (χ2n) is 2.70. The molecule has 1 aromatic carbocycles. The third-order valence-corrected chi connectivity index (χ3v) is 1.73. The topological polar surface area (TPSA) is 18.5 Å². The normalized spacial score (nSPS) is 12.2. The van der Waals surface area contributed by atoms with E-state index in [1.807, 2.05) is 31.2 Å². The first kappa shape index (κ1) is 9.81. The highest BCUT2D eigenvalue weighted by molar-refractivity contribution is 5.49. The Hall–Kier alpha value is -1.28. The first-order valence-electron chi connectivity index (χ1n) is 4.18. The molecule has 0 aliphatic rings. The van der Waals surface area contributed by atoms with Crippen LogP contribution in [-0.2, 0) is 4.74 Å². The molecule has 0 amide bonds. The highest BCUT2D eigenvalue weighted by Gasteiger charge is 2.00. The summed E-state index contributed by atoms with van der Waals surface area (Å²) in [5, 5.41) is 0. The van der Waals surface area contributed by atoms with Crippen LogP contribution in [0, 0.1) is 0 Å². The van der Waals surface area contributed by atoms with E-state index in [1.165, 1.54) is 0 Å². The number of ether oxygens (including phenoxy) is 2. The molecule has 0 fully saturated rings. The van der Waals surface area contributed by atoms with Crippen molar-refractivity contribution in [2.24, 2.45) is 0 Å². The van der Waals surface area contributed by atoms with Crippen LogP contribution in [0.5, 0.6) is 5.75 Å². The van der Waals surface area contributed by atoms with Gasteiger partial charge >= 0.3 is 0 Å². The molecule has 2 heteroatoms. The number of hydrogen-bond donors (Lipinski definition) is 0. The maximum atomic E-state index is 5.44. The van der Waals surface area contributed by atoms with Crippen LogP contribution in [0.2, 0.25) is 0 Å². The molecule has 1 rings (SSSR count). The molecule has 0 bridgehead atoms. The Morgan fingerprint density at radius 1 is 1.46 bits per heavy atom. The first-order valence-corrected chi connectivity index (χ1v) is 4.18. The molecular weight excluding hydrogens is 164 g/mol. The molecule has 0 aromatic heterocycles. The molecule has 70 valence electrons. The summed E-state index contributed by atoms with van der Waals surface area (Å²) in [5.41, 5.74) is 1.04. The van der Waals surface area contributed by atoms with Crippen molar-refractivity contribution in [2.75, 3.05) is 7.11 Å². The monoisotopic (exact) mass is 178 g/mol. The third kappa shape index (κ3) is 2.92. The zero-order valence-electron chi connectivity index (χ0n) is 7.99. The van der Waals surface area contributed by atoms with Crippen molar-refractivity contribution in [3.63, 3.8) is 0 Å². The maximum absolute atomic E-state index is 5.44. The second kappa shape index (κ2) is 4.67. The van der Waals surface area contributed by atoms with Crippen molar-refractivity contribution in [2.45, 2.75) is 13.2 Å². The minimum Gasteiger partial charge on any atom is -0.465 e. The van der Waals surface area contributed by atoms with Crippen molar-refractivity contribution in [3.05, 3.63) is 36.4 Å². The van der Waals surface area contributed by atoms with Gasteiger partial charge in [0.25, 0.3) is 0 Å². The predicted octanol–water partition coefficient (Wildman–Crippen LogP) is 2.70. The molecule has 0 radical (unpaired) electrons. The second-order valence-corrected chi connectivity index (χ2v) is 2.70. The van der Waals surface area contributed by atoms with Gasteiger partial charge in [-0.15, -0.1) is 0 Å². The Kier molecular flexibility index (Phi) is 3.53. The van der Waals surface area contributed by atoms with Gasteiger partial charge in [-0.2, -0.15) is 0 Å². The van der Waals surface area contributed by atoms with Crippen molar-refractivity contribution >= 4 is 6.08 Å². The number of rotatable bonds is 4. The Bertz CT molecular complexity index is 281. The van der Waals surface area contributed by atoms with E-state index in [4.69, 9.17) is 9.47 Å². The summed E-state index contributed by atoms with van der Waals surface area (Å²) in [7, 11) is 1.61. The lowest BCUT2D eigenvalue weighted by molar-refractivity contribution is -0.0382. The highest BCUT2D eigenvalue weighted by Crippen LogP contribution is 2.15. The van der Waals surface area contributed by atoms with Crippen molar-refractivity contribution in [1.29, 1.82) is 0 Å². The molecular formula is C11H14O2. The molecule has 1 unspecified atom stereocenters. The number of methoxy groups -OCH3 is 1. The summed E-state index contributed by atoms with van der Waals surface area (Å²) in [5.74, 6) is 0.798. The Morgan fingerprint density at radius 2 is 2.23 bits per heavy atom. The van der Waals surface area contributed by atoms with Crippen LogP contribution >= 0.6 is 0 Å². The Morgan fingerprint density at radius 3 is 2.85 bits per heavy atom. The number of benzene rings is 1. The van der Waals surface area contributed by atoms with E-state index in [0.717, 1.165) is 11.3 Å². The van der Waals surface area contributed by atoms with E-state index in [-0.39, 0.29) is 6.29 Å². The van der Waals surface area contributed by atoms with Gasteiger partial charge in [0.05, 0.1) is 0 Å². The van der Waals surface area contributed by atoms with E-state index < -0.39 is 0 Å². The van der Waals surface area contributed by atoms with Crippen molar-refractivity contribution < 1.29 is 9.47 Å². The van der Waals surface area contributed by atoms with E-state index in [1.54, 1.807) is 13.2 Å². The lowest BCUT2D eigenvalue weighted by atomic mass is 10.2. The summed E-state index contributed by atoms with van der Waals surface area (Å²) in [6.45, 7) is 5.53. The Labute approximate surface area is 78.8 Å². The van der Waals surface area contributed by atoms with Crippen LogP contribution in [0.3, 0.4) is 0 Å². The quantitative estimate of drug-likeness (QED) is 0.660. The summed E-state index contributed by atoms with van der Waals surface area (Å²) in [6.07, 6.45) is 1.56.